The van der Waals surface area contributed by atoms with E-state index < -0.39 is 0 Å². The number of hydrogen-bond acceptors (Lipinski definition) is 2. The van der Waals surface area contributed by atoms with E-state index in [-0.39, 0.29) is 0 Å². The first kappa shape index (κ1) is 9.23. The molecule has 0 spiro atoms. The van der Waals surface area contributed by atoms with E-state index in [4.69, 9.17) is 11.6 Å². The van der Waals surface area contributed by atoms with Crippen LogP contribution >= 0.6 is 11.6 Å². The molecular weight excluding hydrogens is 172 g/mol. The summed E-state index contributed by atoms with van der Waals surface area (Å²) in [5.74, 6) is 0. The van der Waals surface area contributed by atoms with Crippen LogP contribution in [0, 0.1) is 0 Å². The molecule has 2 nitrogen and oxygen atoms in total. The summed E-state index contributed by atoms with van der Waals surface area (Å²) in [7, 11) is 0. The molecule has 0 amide bonds. The maximum atomic E-state index is 5.35. The molecule has 0 fully saturated rings. The van der Waals surface area contributed by atoms with Gasteiger partial charge < -0.3 is 5.32 Å². The third-order valence-corrected chi connectivity index (χ3v) is 1.61. The summed E-state index contributed by atoms with van der Waals surface area (Å²) in [6.45, 7) is 1.65. The second kappa shape index (κ2) is 5.75. The van der Waals surface area contributed by atoms with Gasteiger partial charge in [-0.2, -0.15) is 0 Å². The van der Waals surface area contributed by atoms with E-state index in [2.05, 4.69) is 10.3 Å². The monoisotopic (exact) mass is 182 g/mol. The van der Waals surface area contributed by atoms with Gasteiger partial charge >= 0.3 is 0 Å². The molecule has 0 saturated carbocycles. The Labute approximate surface area is 77.3 Å². The molecule has 0 aliphatic heterocycles. The minimum absolute atomic E-state index is 0.797. The first-order valence-electron chi connectivity index (χ1n) is 3.78. The molecule has 3 heteroatoms. The van der Waals surface area contributed by atoms with Gasteiger partial charge in [0.1, 0.15) is 0 Å². The summed E-state index contributed by atoms with van der Waals surface area (Å²) in [6, 6.07) is 3.97. The van der Waals surface area contributed by atoms with E-state index in [1.165, 1.54) is 11.1 Å². The fraction of sp³-hybridized carbons (Fsp3) is 0.222. The maximum absolute atomic E-state index is 5.35. The lowest BCUT2D eigenvalue weighted by Gasteiger charge is -1.99. The summed E-state index contributed by atoms with van der Waals surface area (Å²) < 4.78 is 0. The topological polar surface area (TPSA) is 24.9 Å². The fourth-order valence-electron chi connectivity index (χ4n) is 0.845. The number of nitrogens with one attached hydrogen (secondary N) is 1. The Morgan fingerprint density at radius 2 is 2.17 bits per heavy atom. The molecule has 0 saturated heterocycles. The van der Waals surface area contributed by atoms with Gasteiger partial charge in [0.2, 0.25) is 0 Å². The molecule has 0 unspecified atom stereocenters. The van der Waals surface area contributed by atoms with E-state index in [9.17, 15) is 0 Å². The Kier molecular flexibility index (Phi) is 4.42. The van der Waals surface area contributed by atoms with E-state index in [0.717, 1.165) is 13.1 Å². The smallest absolute Gasteiger partial charge is 0.0271 e. The molecule has 1 aromatic rings. The Morgan fingerprint density at radius 1 is 1.42 bits per heavy atom. The Morgan fingerprint density at radius 3 is 2.83 bits per heavy atom. The third-order valence-electron chi connectivity index (χ3n) is 1.43. The van der Waals surface area contributed by atoms with Crippen molar-refractivity contribution in [3.63, 3.8) is 0 Å². The highest BCUT2D eigenvalue weighted by Crippen LogP contribution is 1.94. The van der Waals surface area contributed by atoms with Crippen molar-refractivity contribution in [2.24, 2.45) is 0 Å². The summed E-state index contributed by atoms with van der Waals surface area (Å²) in [5.41, 5.74) is 2.74. The second-order valence-corrected chi connectivity index (χ2v) is 2.60. The van der Waals surface area contributed by atoms with Crippen molar-refractivity contribution < 1.29 is 0 Å². The maximum Gasteiger partial charge on any atom is 0.0271 e. The Balaban J connectivity index is 2.24. The molecule has 1 aromatic heterocycles. The van der Waals surface area contributed by atoms with Crippen LogP contribution in [-0.4, -0.2) is 11.5 Å². The quantitative estimate of drug-likeness (QED) is 0.720. The van der Waals surface area contributed by atoms with Crippen LogP contribution in [0.3, 0.4) is 0 Å². The summed E-state index contributed by atoms with van der Waals surface area (Å²) >= 11 is 5.35. The molecule has 0 radical (unpaired) electrons. The normalized spacial score (nSPS) is 10.8. The number of pyridine rings is 1. The largest absolute Gasteiger partial charge is 0.309 e. The highest BCUT2D eigenvalue weighted by Gasteiger charge is 1.87. The number of halogens is 1. The van der Waals surface area contributed by atoms with E-state index in [1.54, 1.807) is 12.4 Å². The molecule has 12 heavy (non-hydrogen) atoms. The number of aromatic nitrogens is 1. The van der Waals surface area contributed by atoms with Crippen molar-refractivity contribution in [1.82, 2.24) is 10.3 Å². The molecule has 64 valence electrons. The van der Waals surface area contributed by atoms with Crippen LogP contribution in [-0.2, 0) is 6.54 Å². The van der Waals surface area contributed by atoms with Crippen LogP contribution in [0.5, 0.6) is 0 Å². The molecule has 1 rings (SSSR count). The standard InChI is InChI=1S/C9H11ClN2/c10-4-1-5-12-8-9-2-6-11-7-3-9/h1-4,6-7,12H,5,8H2/b4-1+. The molecule has 1 heterocycles. The van der Waals surface area contributed by atoms with Crippen LogP contribution in [0.4, 0.5) is 0 Å². The van der Waals surface area contributed by atoms with Crippen LogP contribution in [0.15, 0.2) is 36.1 Å². The molecule has 0 aliphatic rings. The van der Waals surface area contributed by atoms with Crippen molar-refractivity contribution in [3.05, 3.63) is 41.7 Å². The van der Waals surface area contributed by atoms with Gasteiger partial charge in [-0.1, -0.05) is 17.7 Å². The molecule has 0 aliphatic carbocycles. The van der Waals surface area contributed by atoms with Crippen molar-refractivity contribution in [3.8, 4) is 0 Å². The molecular formula is C9H11ClN2. The van der Waals surface area contributed by atoms with Gasteiger partial charge in [0.15, 0.2) is 0 Å². The SMILES string of the molecule is Cl/C=C/CNCc1ccncc1. The average molecular weight is 183 g/mol. The third kappa shape index (κ3) is 3.51. The molecule has 0 bridgehead atoms. The highest BCUT2D eigenvalue weighted by atomic mass is 35.5. The fourth-order valence-corrected chi connectivity index (χ4v) is 0.934. The van der Waals surface area contributed by atoms with Gasteiger partial charge in [-0.25, -0.2) is 0 Å². The van der Waals surface area contributed by atoms with Gasteiger partial charge in [0.25, 0.3) is 0 Å². The number of nitrogens with zero attached hydrogens (tertiary/aromatic N) is 1. The van der Waals surface area contributed by atoms with Gasteiger partial charge in [0, 0.05) is 31.0 Å². The second-order valence-electron chi connectivity index (χ2n) is 2.35. The van der Waals surface area contributed by atoms with Crippen molar-refractivity contribution in [2.75, 3.05) is 6.54 Å². The first-order chi connectivity index (χ1) is 5.93. The van der Waals surface area contributed by atoms with Crippen molar-refractivity contribution in [2.45, 2.75) is 6.54 Å². The van der Waals surface area contributed by atoms with E-state index in [1.807, 2.05) is 18.2 Å². The number of hydrogen-bond donors (Lipinski definition) is 1. The highest BCUT2D eigenvalue weighted by molar-refractivity contribution is 6.25. The van der Waals surface area contributed by atoms with Gasteiger partial charge in [-0.05, 0) is 17.7 Å². The average Bonchev–Trinajstić information content (AvgIpc) is 2.14. The van der Waals surface area contributed by atoms with Gasteiger partial charge in [0.05, 0.1) is 0 Å². The minimum atomic E-state index is 0.797. The zero-order chi connectivity index (χ0) is 8.65. The first-order valence-corrected chi connectivity index (χ1v) is 4.22. The van der Waals surface area contributed by atoms with Gasteiger partial charge in [-0.15, -0.1) is 0 Å². The van der Waals surface area contributed by atoms with E-state index in [0.29, 0.717) is 0 Å². The predicted octanol–water partition coefficient (Wildman–Crippen LogP) is 1.92. The lowest BCUT2D eigenvalue weighted by Crippen LogP contribution is -2.12. The summed E-state index contributed by atoms with van der Waals surface area (Å²) in [5, 5.41) is 3.20. The summed E-state index contributed by atoms with van der Waals surface area (Å²) in [4.78, 5) is 3.93. The van der Waals surface area contributed by atoms with E-state index >= 15 is 0 Å². The molecule has 0 aromatic carbocycles. The Bertz CT molecular complexity index is 234. The van der Waals surface area contributed by atoms with Crippen molar-refractivity contribution in [1.29, 1.82) is 0 Å². The molecule has 0 atom stereocenters. The number of rotatable bonds is 4. The predicted molar refractivity (Wildman–Crippen MR) is 50.9 cm³/mol. The zero-order valence-corrected chi connectivity index (χ0v) is 7.46. The lowest BCUT2D eigenvalue weighted by atomic mass is 10.3. The zero-order valence-electron chi connectivity index (χ0n) is 6.70. The lowest BCUT2D eigenvalue weighted by molar-refractivity contribution is 0.759. The van der Waals surface area contributed by atoms with Crippen LogP contribution < -0.4 is 5.32 Å². The van der Waals surface area contributed by atoms with Crippen molar-refractivity contribution >= 4 is 11.6 Å². The van der Waals surface area contributed by atoms with Crippen LogP contribution in [0.25, 0.3) is 0 Å². The Hall–Kier alpha value is -0.860. The summed E-state index contributed by atoms with van der Waals surface area (Å²) in [6.07, 6.45) is 5.44. The molecule has 1 N–H and O–H groups in total. The van der Waals surface area contributed by atoms with Gasteiger partial charge in [-0.3, -0.25) is 4.98 Å². The minimum Gasteiger partial charge on any atom is -0.309 e. The van der Waals surface area contributed by atoms with Crippen LogP contribution in [0.1, 0.15) is 5.56 Å². The van der Waals surface area contributed by atoms with Crippen LogP contribution in [0.2, 0.25) is 0 Å².